The van der Waals surface area contributed by atoms with Crippen molar-refractivity contribution in [1.29, 1.82) is 0 Å². The molecule has 3 heteroatoms. The summed E-state index contributed by atoms with van der Waals surface area (Å²) >= 11 is 1.86. The standard InChI is InChI=1S/C46H30N2S/c1-3-11-31(12-4-1)32-19-22-35(23-20-32)47(37-25-28-45-42(30-37)39-17-9-10-18-44(39)49-45)36-24-27-43-41(29-36)40-26-21-33-13-7-8-16-38(33)46(40)48(43)34-14-5-2-6-15-34/h1-30H. The first-order valence-electron chi connectivity index (χ1n) is 16.7. The van der Waals surface area contributed by atoms with Gasteiger partial charge in [0.05, 0.1) is 11.0 Å². The van der Waals surface area contributed by atoms with E-state index in [1.54, 1.807) is 0 Å². The van der Waals surface area contributed by atoms with Gasteiger partial charge in [0.1, 0.15) is 0 Å². The van der Waals surface area contributed by atoms with Gasteiger partial charge in [-0.25, -0.2) is 0 Å². The fraction of sp³-hybridized carbons (Fsp3) is 0. The van der Waals surface area contributed by atoms with E-state index in [1.165, 1.54) is 63.9 Å². The first-order valence-corrected chi connectivity index (χ1v) is 17.5. The van der Waals surface area contributed by atoms with E-state index in [2.05, 4.69) is 191 Å². The predicted octanol–water partition coefficient (Wildman–Crippen LogP) is 13.4. The van der Waals surface area contributed by atoms with Gasteiger partial charge in [0.2, 0.25) is 0 Å². The molecule has 2 heterocycles. The van der Waals surface area contributed by atoms with Crippen LogP contribution in [-0.4, -0.2) is 4.57 Å². The van der Waals surface area contributed by atoms with Gasteiger partial charge in [0.15, 0.2) is 0 Å². The van der Waals surface area contributed by atoms with E-state index in [1.807, 2.05) is 11.3 Å². The number of anilines is 3. The van der Waals surface area contributed by atoms with Crippen molar-refractivity contribution >= 4 is 81.1 Å². The first-order chi connectivity index (χ1) is 24.3. The van der Waals surface area contributed by atoms with E-state index >= 15 is 0 Å². The minimum Gasteiger partial charge on any atom is -0.310 e. The van der Waals surface area contributed by atoms with Crippen LogP contribution in [0.4, 0.5) is 17.1 Å². The molecular weight excluding hydrogens is 613 g/mol. The Morgan fingerprint density at radius 3 is 1.82 bits per heavy atom. The molecule has 10 aromatic rings. The third-order valence-corrected chi connectivity index (χ3v) is 10.9. The maximum absolute atomic E-state index is 2.43. The molecule has 0 saturated carbocycles. The predicted molar refractivity (Wildman–Crippen MR) is 211 cm³/mol. The van der Waals surface area contributed by atoms with Crippen LogP contribution in [0.2, 0.25) is 0 Å². The van der Waals surface area contributed by atoms with Crippen LogP contribution in [0, 0.1) is 0 Å². The summed E-state index contributed by atoms with van der Waals surface area (Å²) in [5.41, 5.74) is 9.40. The lowest BCUT2D eigenvalue weighted by atomic mass is 10.0. The smallest absolute Gasteiger partial charge is 0.0619 e. The Hall–Kier alpha value is -6.16. The molecule has 0 unspecified atom stereocenters. The second-order valence-electron chi connectivity index (χ2n) is 12.6. The molecule has 230 valence electrons. The zero-order valence-corrected chi connectivity index (χ0v) is 27.4. The lowest BCUT2D eigenvalue weighted by Gasteiger charge is -2.26. The molecule has 0 aliphatic heterocycles. The van der Waals surface area contributed by atoms with Gasteiger partial charge in [-0.2, -0.15) is 0 Å². The summed E-state index contributed by atoms with van der Waals surface area (Å²) in [7, 11) is 0. The Morgan fingerprint density at radius 2 is 1.00 bits per heavy atom. The van der Waals surface area contributed by atoms with Gasteiger partial charge in [-0.1, -0.05) is 115 Å². The number of para-hydroxylation sites is 1. The number of thiophene rings is 1. The summed E-state index contributed by atoms with van der Waals surface area (Å²) in [5.74, 6) is 0. The zero-order valence-electron chi connectivity index (χ0n) is 26.6. The quantitative estimate of drug-likeness (QED) is 0.181. The number of benzene rings is 8. The largest absolute Gasteiger partial charge is 0.310 e. The second kappa shape index (κ2) is 11.2. The van der Waals surface area contributed by atoms with E-state index in [4.69, 9.17) is 0 Å². The van der Waals surface area contributed by atoms with Crippen LogP contribution in [-0.2, 0) is 0 Å². The number of rotatable bonds is 5. The van der Waals surface area contributed by atoms with Crippen molar-refractivity contribution in [3.05, 3.63) is 182 Å². The average molecular weight is 643 g/mol. The molecule has 49 heavy (non-hydrogen) atoms. The van der Waals surface area contributed by atoms with E-state index < -0.39 is 0 Å². The number of nitrogens with zero attached hydrogens (tertiary/aromatic N) is 2. The topological polar surface area (TPSA) is 8.17 Å². The van der Waals surface area contributed by atoms with E-state index in [9.17, 15) is 0 Å². The molecular formula is C46H30N2S. The summed E-state index contributed by atoms with van der Waals surface area (Å²) in [6.45, 7) is 0. The normalized spacial score (nSPS) is 11.7. The monoisotopic (exact) mass is 642 g/mol. The van der Waals surface area contributed by atoms with Gasteiger partial charge in [-0.05, 0) is 83.2 Å². The highest BCUT2D eigenvalue weighted by atomic mass is 32.1. The van der Waals surface area contributed by atoms with Crippen LogP contribution >= 0.6 is 11.3 Å². The highest BCUT2D eigenvalue weighted by Crippen LogP contribution is 2.44. The number of hydrogen-bond acceptors (Lipinski definition) is 2. The SMILES string of the molecule is c1ccc(-c2ccc(N(c3ccc4sc5ccccc5c4c3)c3ccc4c(c3)c3ccc5ccccc5c3n4-c3ccccc3)cc2)cc1. The molecule has 0 atom stereocenters. The fourth-order valence-corrected chi connectivity index (χ4v) is 8.57. The van der Waals surface area contributed by atoms with Crippen LogP contribution in [0.15, 0.2) is 182 Å². The van der Waals surface area contributed by atoms with Crippen molar-refractivity contribution in [3.63, 3.8) is 0 Å². The van der Waals surface area contributed by atoms with Gasteiger partial charge in [0, 0.05) is 59.1 Å². The Balaban J connectivity index is 1.22. The van der Waals surface area contributed by atoms with Crippen LogP contribution in [0.1, 0.15) is 0 Å². The molecule has 0 spiro atoms. The summed E-state index contributed by atoms with van der Waals surface area (Å²) in [6, 6.07) is 66.2. The van der Waals surface area contributed by atoms with Gasteiger partial charge < -0.3 is 9.47 Å². The van der Waals surface area contributed by atoms with Gasteiger partial charge >= 0.3 is 0 Å². The van der Waals surface area contributed by atoms with Gasteiger partial charge in [-0.3, -0.25) is 0 Å². The maximum Gasteiger partial charge on any atom is 0.0619 e. The number of hydrogen-bond donors (Lipinski definition) is 0. The highest BCUT2D eigenvalue weighted by molar-refractivity contribution is 7.25. The second-order valence-corrected chi connectivity index (χ2v) is 13.7. The van der Waals surface area contributed by atoms with Crippen LogP contribution < -0.4 is 4.90 Å². The van der Waals surface area contributed by atoms with Crippen LogP contribution in [0.25, 0.3) is 69.6 Å². The van der Waals surface area contributed by atoms with Crippen LogP contribution in [0.3, 0.4) is 0 Å². The van der Waals surface area contributed by atoms with Crippen molar-refractivity contribution in [2.75, 3.05) is 4.90 Å². The average Bonchev–Trinajstić information content (AvgIpc) is 3.71. The summed E-state index contributed by atoms with van der Waals surface area (Å²) in [5, 5.41) is 7.57. The Morgan fingerprint density at radius 1 is 0.388 bits per heavy atom. The van der Waals surface area contributed by atoms with Crippen molar-refractivity contribution in [2.45, 2.75) is 0 Å². The molecule has 0 fully saturated rings. The van der Waals surface area contributed by atoms with Crippen molar-refractivity contribution < 1.29 is 0 Å². The molecule has 0 amide bonds. The molecule has 0 saturated heterocycles. The van der Waals surface area contributed by atoms with Crippen LogP contribution in [0.5, 0.6) is 0 Å². The molecule has 8 aromatic carbocycles. The highest BCUT2D eigenvalue weighted by Gasteiger charge is 2.20. The lowest BCUT2D eigenvalue weighted by molar-refractivity contribution is 1.18. The summed E-state index contributed by atoms with van der Waals surface area (Å²) < 4.78 is 5.05. The molecule has 0 N–H and O–H groups in total. The Bertz CT molecular complexity index is 2810. The Kier molecular flexibility index (Phi) is 6.39. The molecule has 2 aromatic heterocycles. The minimum atomic E-state index is 1.12. The van der Waals surface area contributed by atoms with E-state index in [0.29, 0.717) is 0 Å². The first kappa shape index (κ1) is 27.9. The maximum atomic E-state index is 2.43. The van der Waals surface area contributed by atoms with Gasteiger partial charge in [-0.15, -0.1) is 11.3 Å². The fourth-order valence-electron chi connectivity index (χ4n) is 7.49. The van der Waals surface area contributed by atoms with Crippen molar-refractivity contribution in [2.24, 2.45) is 0 Å². The Labute approximate surface area is 288 Å². The molecule has 0 aliphatic carbocycles. The van der Waals surface area contributed by atoms with Gasteiger partial charge in [0.25, 0.3) is 0 Å². The van der Waals surface area contributed by atoms with Crippen molar-refractivity contribution in [1.82, 2.24) is 4.57 Å². The molecule has 10 rings (SSSR count). The summed E-state index contributed by atoms with van der Waals surface area (Å²) in [4.78, 5) is 2.41. The number of fused-ring (bicyclic) bond motifs is 8. The number of aromatic nitrogens is 1. The minimum absolute atomic E-state index is 1.12. The van der Waals surface area contributed by atoms with E-state index in [0.717, 1.165) is 22.7 Å². The summed E-state index contributed by atoms with van der Waals surface area (Å²) in [6.07, 6.45) is 0. The molecule has 0 bridgehead atoms. The third-order valence-electron chi connectivity index (χ3n) is 9.76. The molecule has 2 nitrogen and oxygen atoms in total. The zero-order chi connectivity index (χ0) is 32.3. The van der Waals surface area contributed by atoms with Crippen molar-refractivity contribution in [3.8, 4) is 16.8 Å². The lowest BCUT2D eigenvalue weighted by Crippen LogP contribution is -2.09. The molecule has 0 radical (unpaired) electrons. The van der Waals surface area contributed by atoms with E-state index in [-0.39, 0.29) is 0 Å². The molecule has 0 aliphatic rings. The third kappa shape index (κ3) is 4.55.